The molecule has 0 aromatic carbocycles. The molecular weight excluding hydrogens is 889 g/mol. The van der Waals surface area contributed by atoms with Crippen LogP contribution in [0, 0.1) is 0 Å². The van der Waals surface area contributed by atoms with Gasteiger partial charge in [-0.1, -0.05) is 218 Å². The van der Waals surface area contributed by atoms with Gasteiger partial charge >= 0.3 is 17.9 Å². The first-order chi connectivity index (χ1) is 35.5. The van der Waals surface area contributed by atoms with Crippen molar-refractivity contribution in [3.05, 3.63) is 146 Å². The lowest BCUT2D eigenvalue weighted by molar-refractivity contribution is -0.167. The summed E-state index contributed by atoms with van der Waals surface area (Å²) in [4.78, 5) is 38.2. The van der Waals surface area contributed by atoms with Crippen molar-refractivity contribution in [3.8, 4) is 0 Å². The molecule has 72 heavy (non-hydrogen) atoms. The first kappa shape index (κ1) is 67.3. The molecule has 0 aliphatic carbocycles. The summed E-state index contributed by atoms with van der Waals surface area (Å²) in [5.41, 5.74) is 0. The van der Waals surface area contributed by atoms with Gasteiger partial charge in [0.15, 0.2) is 6.10 Å². The van der Waals surface area contributed by atoms with E-state index in [2.05, 4.69) is 167 Å². The van der Waals surface area contributed by atoms with Crippen LogP contribution in [0.3, 0.4) is 0 Å². The second-order valence-corrected chi connectivity index (χ2v) is 18.4. The molecule has 0 rings (SSSR count). The highest BCUT2D eigenvalue weighted by molar-refractivity contribution is 5.71. The van der Waals surface area contributed by atoms with Crippen LogP contribution < -0.4 is 0 Å². The van der Waals surface area contributed by atoms with Crippen molar-refractivity contribution in [1.82, 2.24) is 0 Å². The van der Waals surface area contributed by atoms with Gasteiger partial charge in [0.2, 0.25) is 0 Å². The lowest BCUT2D eigenvalue weighted by Crippen LogP contribution is -2.30. The summed E-state index contributed by atoms with van der Waals surface area (Å²) >= 11 is 0. The number of esters is 3. The zero-order chi connectivity index (χ0) is 52.2. The molecule has 0 radical (unpaired) electrons. The Morgan fingerprint density at radius 2 is 0.542 bits per heavy atom. The molecule has 0 heterocycles. The first-order valence-corrected chi connectivity index (χ1v) is 28.8. The lowest BCUT2D eigenvalue weighted by Gasteiger charge is -2.18. The van der Waals surface area contributed by atoms with Crippen LogP contribution >= 0.6 is 0 Å². The number of ether oxygens (including phenoxy) is 3. The molecule has 1 unspecified atom stereocenters. The molecule has 0 saturated carbocycles. The lowest BCUT2D eigenvalue weighted by atomic mass is 10.1. The summed E-state index contributed by atoms with van der Waals surface area (Å²) in [6.07, 6.45) is 84.1. The van der Waals surface area contributed by atoms with E-state index in [9.17, 15) is 14.4 Å². The molecule has 0 aromatic rings. The number of carbonyl (C=O) groups is 3. The van der Waals surface area contributed by atoms with Gasteiger partial charge in [0.1, 0.15) is 13.2 Å². The largest absolute Gasteiger partial charge is 0.462 e. The minimum absolute atomic E-state index is 0.116. The topological polar surface area (TPSA) is 78.9 Å². The number of rotatable bonds is 50. The predicted molar refractivity (Wildman–Crippen MR) is 311 cm³/mol. The molecule has 0 aliphatic rings. The number of hydrogen-bond donors (Lipinski definition) is 0. The Kier molecular flexibility index (Phi) is 55.0. The fourth-order valence-electron chi connectivity index (χ4n) is 7.29. The van der Waals surface area contributed by atoms with Gasteiger partial charge in [0, 0.05) is 19.3 Å². The third kappa shape index (κ3) is 56.2. The van der Waals surface area contributed by atoms with Crippen molar-refractivity contribution in [3.63, 3.8) is 0 Å². The Balaban J connectivity index is 4.56. The summed E-state index contributed by atoms with van der Waals surface area (Å²) in [5.74, 6) is -1.01. The Bertz CT molecular complexity index is 1610. The van der Waals surface area contributed by atoms with E-state index in [1.165, 1.54) is 44.9 Å². The van der Waals surface area contributed by atoms with Gasteiger partial charge in [-0.3, -0.25) is 14.4 Å². The standard InChI is InChI=1S/C66H104O6/c1-4-7-10-13-16-19-22-25-28-30-32-33-35-36-38-41-44-47-50-53-56-59-65(68)71-62-63(61-70-64(67)58-55-52-49-46-43-40-27-24-21-18-15-12-9-6-3)72-66(69)60-57-54-51-48-45-42-39-37-34-31-29-26-23-20-17-14-11-8-5-2/h7-8,10-11,16-17,19-20,24-29,32-34,36-38,42,44-45,47,63H,4-6,9,12-15,18,21-23,30-31,35,39-41,43,46,48-62H2,1-3H3/b10-7-,11-8-,19-16-,20-17-,27-24-,28-25-,29-26-,33-32-,37-34-,38-36-,45-42-,47-44-. The van der Waals surface area contributed by atoms with E-state index in [0.29, 0.717) is 19.3 Å². The Morgan fingerprint density at radius 3 is 0.903 bits per heavy atom. The molecule has 0 aromatic heterocycles. The fraction of sp³-hybridized carbons (Fsp3) is 0.591. The van der Waals surface area contributed by atoms with E-state index in [-0.39, 0.29) is 44.0 Å². The van der Waals surface area contributed by atoms with Crippen molar-refractivity contribution in [1.29, 1.82) is 0 Å². The molecular formula is C66H104O6. The Labute approximate surface area is 442 Å². The van der Waals surface area contributed by atoms with Crippen molar-refractivity contribution >= 4 is 17.9 Å². The van der Waals surface area contributed by atoms with Gasteiger partial charge in [-0.2, -0.15) is 0 Å². The molecule has 0 aliphatic heterocycles. The monoisotopic (exact) mass is 993 g/mol. The van der Waals surface area contributed by atoms with Crippen molar-refractivity contribution in [2.24, 2.45) is 0 Å². The summed E-state index contributed by atoms with van der Waals surface area (Å²) in [7, 11) is 0. The van der Waals surface area contributed by atoms with E-state index in [4.69, 9.17) is 14.2 Å². The van der Waals surface area contributed by atoms with Gasteiger partial charge in [-0.25, -0.2) is 0 Å². The minimum atomic E-state index is -0.824. The number of allylic oxidation sites excluding steroid dienone is 24. The average molecular weight is 994 g/mol. The molecule has 0 saturated heterocycles. The van der Waals surface area contributed by atoms with Crippen LogP contribution in [0.2, 0.25) is 0 Å². The molecule has 404 valence electrons. The highest BCUT2D eigenvalue weighted by Gasteiger charge is 2.19. The minimum Gasteiger partial charge on any atom is -0.462 e. The van der Waals surface area contributed by atoms with Crippen LogP contribution in [-0.2, 0) is 28.6 Å². The summed E-state index contributed by atoms with van der Waals surface area (Å²) in [6.45, 7) is 6.32. The van der Waals surface area contributed by atoms with E-state index in [1.807, 2.05) is 0 Å². The zero-order valence-corrected chi connectivity index (χ0v) is 46.1. The van der Waals surface area contributed by atoms with Crippen LogP contribution in [0.15, 0.2) is 146 Å². The van der Waals surface area contributed by atoms with Crippen molar-refractivity contribution in [2.45, 2.75) is 239 Å². The Morgan fingerprint density at radius 1 is 0.292 bits per heavy atom. The van der Waals surface area contributed by atoms with Gasteiger partial charge < -0.3 is 14.2 Å². The van der Waals surface area contributed by atoms with E-state index in [0.717, 1.165) is 135 Å². The third-order valence-corrected chi connectivity index (χ3v) is 11.6. The van der Waals surface area contributed by atoms with Gasteiger partial charge in [-0.15, -0.1) is 0 Å². The van der Waals surface area contributed by atoms with Crippen LogP contribution in [0.25, 0.3) is 0 Å². The third-order valence-electron chi connectivity index (χ3n) is 11.6. The van der Waals surface area contributed by atoms with E-state index < -0.39 is 6.10 Å². The van der Waals surface area contributed by atoms with Crippen molar-refractivity contribution in [2.75, 3.05) is 13.2 Å². The van der Waals surface area contributed by atoms with Gasteiger partial charge in [0.25, 0.3) is 0 Å². The molecule has 0 amide bonds. The van der Waals surface area contributed by atoms with Gasteiger partial charge in [-0.05, 0) is 141 Å². The first-order valence-electron chi connectivity index (χ1n) is 28.8. The van der Waals surface area contributed by atoms with Gasteiger partial charge in [0.05, 0.1) is 0 Å². The predicted octanol–water partition coefficient (Wildman–Crippen LogP) is 19.6. The normalized spacial score (nSPS) is 13.2. The zero-order valence-electron chi connectivity index (χ0n) is 46.1. The maximum absolute atomic E-state index is 12.9. The van der Waals surface area contributed by atoms with Crippen LogP contribution in [0.4, 0.5) is 0 Å². The van der Waals surface area contributed by atoms with Crippen molar-refractivity contribution < 1.29 is 28.6 Å². The van der Waals surface area contributed by atoms with E-state index >= 15 is 0 Å². The van der Waals surface area contributed by atoms with Crippen LogP contribution in [0.5, 0.6) is 0 Å². The summed E-state index contributed by atoms with van der Waals surface area (Å²) in [6, 6.07) is 0. The molecule has 0 spiro atoms. The molecule has 6 nitrogen and oxygen atoms in total. The summed E-state index contributed by atoms with van der Waals surface area (Å²) in [5, 5.41) is 0. The molecule has 6 heteroatoms. The molecule has 1 atom stereocenters. The smallest absolute Gasteiger partial charge is 0.306 e. The maximum atomic E-state index is 12.9. The summed E-state index contributed by atoms with van der Waals surface area (Å²) < 4.78 is 16.8. The van der Waals surface area contributed by atoms with Crippen LogP contribution in [0.1, 0.15) is 233 Å². The number of hydrogen-bond acceptors (Lipinski definition) is 6. The second kappa shape index (κ2) is 58.9. The van der Waals surface area contributed by atoms with E-state index in [1.54, 1.807) is 0 Å². The quantitative estimate of drug-likeness (QED) is 0.0261. The van der Waals surface area contributed by atoms with Crippen LogP contribution in [-0.4, -0.2) is 37.2 Å². The second-order valence-electron chi connectivity index (χ2n) is 18.4. The number of carbonyl (C=O) groups excluding carboxylic acids is 3. The SMILES string of the molecule is CC/C=C\C/C=C\C/C=C\C/C=C\C/C=C\C/C=C\CCCCC(=O)OCC(COC(=O)CCCCCCC/C=C\CCCCCCC)OC(=O)CCCCC/C=C\C/C=C\C/C=C\C/C=C\C/C=C\CC. The Hall–Kier alpha value is -4.71. The average Bonchev–Trinajstić information content (AvgIpc) is 3.38. The molecule has 0 bridgehead atoms. The maximum Gasteiger partial charge on any atom is 0.306 e. The number of unbranched alkanes of at least 4 members (excludes halogenated alkanes) is 15. The molecule has 0 fully saturated rings. The fourth-order valence-corrected chi connectivity index (χ4v) is 7.29. The highest BCUT2D eigenvalue weighted by atomic mass is 16.6. The highest BCUT2D eigenvalue weighted by Crippen LogP contribution is 2.12. The molecule has 0 N–H and O–H groups in total.